The molecule has 0 bridgehead atoms. The number of pyridine rings is 1. The number of carbonyl (C=O) groups is 3. The van der Waals surface area contributed by atoms with Gasteiger partial charge in [-0.05, 0) is 49.1 Å². The molecule has 1 atom stereocenters. The van der Waals surface area contributed by atoms with E-state index in [2.05, 4.69) is 4.98 Å². The van der Waals surface area contributed by atoms with E-state index in [1.165, 1.54) is 23.2 Å². The minimum atomic E-state index is -5.08. The molecule has 9 nitrogen and oxygen atoms in total. The van der Waals surface area contributed by atoms with Gasteiger partial charge in [0.05, 0.1) is 18.4 Å². The highest BCUT2D eigenvalue weighted by Gasteiger charge is 2.38. The SMILES string of the molecule is CC(C)COc1ncc(Oc2cc(F)c(C(=O)N3CCC[C@H]3C(=O)O)cc2C2CC2)cc1Cl.O=C(O)C(F)(F)F. The lowest BCUT2D eigenvalue weighted by Gasteiger charge is -2.22. The Morgan fingerprint density at radius 3 is 2.33 bits per heavy atom. The van der Waals surface area contributed by atoms with Crippen molar-refractivity contribution in [1.29, 1.82) is 0 Å². The number of hydrogen-bond donors (Lipinski definition) is 2. The van der Waals surface area contributed by atoms with Crippen LogP contribution in [-0.2, 0) is 9.59 Å². The number of hydrogen-bond acceptors (Lipinski definition) is 6. The van der Waals surface area contributed by atoms with E-state index >= 15 is 4.39 Å². The Morgan fingerprint density at radius 2 is 1.80 bits per heavy atom. The molecule has 218 valence electrons. The fourth-order valence-electron chi connectivity index (χ4n) is 3.90. The van der Waals surface area contributed by atoms with Gasteiger partial charge >= 0.3 is 18.1 Å². The van der Waals surface area contributed by atoms with Gasteiger partial charge in [-0.15, -0.1) is 0 Å². The summed E-state index contributed by atoms with van der Waals surface area (Å²) < 4.78 is 58.2. The number of alkyl halides is 3. The fraction of sp³-hybridized carbons (Fsp3) is 0.462. The monoisotopic (exact) mass is 590 g/mol. The van der Waals surface area contributed by atoms with E-state index in [9.17, 15) is 27.9 Å². The number of carboxylic acid groups (broad SMARTS) is 2. The highest BCUT2D eigenvalue weighted by atomic mass is 35.5. The Labute approximate surface area is 231 Å². The van der Waals surface area contributed by atoms with Gasteiger partial charge in [0.15, 0.2) is 0 Å². The smallest absolute Gasteiger partial charge is 0.480 e. The van der Waals surface area contributed by atoms with Crippen molar-refractivity contribution in [3.8, 4) is 17.4 Å². The van der Waals surface area contributed by atoms with Gasteiger partial charge in [0.1, 0.15) is 28.4 Å². The van der Waals surface area contributed by atoms with Crippen molar-refractivity contribution in [2.75, 3.05) is 13.2 Å². The van der Waals surface area contributed by atoms with Crippen LogP contribution in [0.2, 0.25) is 5.02 Å². The van der Waals surface area contributed by atoms with Crippen molar-refractivity contribution in [3.05, 3.63) is 46.4 Å². The van der Waals surface area contributed by atoms with Gasteiger partial charge in [-0.2, -0.15) is 13.2 Å². The second kappa shape index (κ2) is 12.7. The molecule has 2 N–H and O–H groups in total. The predicted molar refractivity (Wildman–Crippen MR) is 133 cm³/mol. The first-order chi connectivity index (χ1) is 18.7. The van der Waals surface area contributed by atoms with Crippen LogP contribution in [0.4, 0.5) is 17.6 Å². The van der Waals surface area contributed by atoms with E-state index in [-0.39, 0.29) is 22.3 Å². The summed E-state index contributed by atoms with van der Waals surface area (Å²) in [6, 6.07) is 3.31. The van der Waals surface area contributed by atoms with Crippen LogP contribution in [0, 0.1) is 11.7 Å². The Bertz CT molecular complexity index is 1270. The number of ether oxygens (including phenoxy) is 2. The summed E-state index contributed by atoms with van der Waals surface area (Å²) in [6.07, 6.45) is -0.886. The topological polar surface area (TPSA) is 126 Å². The van der Waals surface area contributed by atoms with Gasteiger partial charge in [0, 0.05) is 18.7 Å². The summed E-state index contributed by atoms with van der Waals surface area (Å²) in [4.78, 5) is 38.8. The Kier molecular flexibility index (Phi) is 9.82. The van der Waals surface area contributed by atoms with E-state index in [4.69, 9.17) is 31.0 Å². The van der Waals surface area contributed by atoms with E-state index in [0.29, 0.717) is 49.1 Å². The number of carboxylic acids is 2. The van der Waals surface area contributed by atoms with Crippen LogP contribution in [0.15, 0.2) is 24.4 Å². The first-order valence-electron chi connectivity index (χ1n) is 12.3. The minimum Gasteiger partial charge on any atom is -0.480 e. The summed E-state index contributed by atoms with van der Waals surface area (Å²) >= 11 is 6.26. The second-order valence-corrected chi connectivity index (χ2v) is 10.1. The summed E-state index contributed by atoms with van der Waals surface area (Å²) in [5.74, 6) is -3.83. The van der Waals surface area contributed by atoms with Crippen LogP contribution in [0.5, 0.6) is 17.4 Å². The number of nitrogens with zero attached hydrogens (tertiary/aromatic N) is 2. The number of carbonyl (C=O) groups excluding carboxylic acids is 1. The molecular weight excluding hydrogens is 564 g/mol. The molecule has 2 heterocycles. The van der Waals surface area contributed by atoms with Crippen LogP contribution in [0.25, 0.3) is 0 Å². The first-order valence-corrected chi connectivity index (χ1v) is 12.7. The molecule has 2 aromatic rings. The van der Waals surface area contributed by atoms with Gasteiger partial charge < -0.3 is 24.6 Å². The molecule has 1 aliphatic carbocycles. The maximum Gasteiger partial charge on any atom is 0.490 e. The number of likely N-dealkylation sites (tertiary alicyclic amines) is 1. The lowest BCUT2D eigenvalue weighted by Crippen LogP contribution is -2.40. The molecule has 14 heteroatoms. The average molecular weight is 591 g/mol. The molecule has 1 saturated carbocycles. The molecule has 40 heavy (non-hydrogen) atoms. The number of aromatic nitrogens is 1. The Hall–Kier alpha value is -3.61. The lowest BCUT2D eigenvalue weighted by atomic mass is 10.0. The van der Waals surface area contributed by atoms with Crippen molar-refractivity contribution in [1.82, 2.24) is 9.88 Å². The zero-order chi connectivity index (χ0) is 29.8. The Morgan fingerprint density at radius 1 is 1.15 bits per heavy atom. The second-order valence-electron chi connectivity index (χ2n) is 9.71. The van der Waals surface area contributed by atoms with Crippen molar-refractivity contribution >= 4 is 29.4 Å². The first kappa shape index (κ1) is 30.9. The molecule has 4 rings (SSSR count). The Balaban J connectivity index is 0.000000559. The van der Waals surface area contributed by atoms with Crippen molar-refractivity contribution in [2.24, 2.45) is 5.92 Å². The molecule has 0 spiro atoms. The molecule has 1 aromatic carbocycles. The molecule has 2 aliphatic rings. The number of benzene rings is 1. The van der Waals surface area contributed by atoms with Gasteiger partial charge in [-0.1, -0.05) is 25.4 Å². The molecule has 1 aromatic heterocycles. The van der Waals surface area contributed by atoms with E-state index in [1.54, 1.807) is 6.07 Å². The standard InChI is InChI=1S/C24H26ClFN2O5.C2HF3O2/c1-13(2)12-32-22-18(25)8-15(11-27-22)33-21-10-19(26)17(9-16(21)14-5-6-14)23(29)28-7-3-4-20(28)24(30)31;3-2(4,5)1(6)7/h8-11,13-14,20H,3-7,12H2,1-2H3,(H,30,31);(H,6,7)/t20-;/m0./s1. The summed E-state index contributed by atoms with van der Waals surface area (Å²) in [6.45, 7) is 4.79. The molecule has 1 aliphatic heterocycles. The summed E-state index contributed by atoms with van der Waals surface area (Å²) in [5, 5.41) is 16.8. The van der Waals surface area contributed by atoms with Crippen LogP contribution < -0.4 is 9.47 Å². The normalized spacial score (nSPS) is 16.8. The third-order valence-corrected chi connectivity index (χ3v) is 6.22. The fourth-order valence-corrected chi connectivity index (χ4v) is 4.11. The van der Waals surface area contributed by atoms with E-state index < -0.39 is 35.9 Å². The third-order valence-electron chi connectivity index (χ3n) is 5.95. The number of halogens is 5. The lowest BCUT2D eigenvalue weighted by molar-refractivity contribution is -0.192. The molecular formula is C26H27ClF4N2O7. The maximum atomic E-state index is 15.0. The van der Waals surface area contributed by atoms with Gasteiger partial charge in [-0.3, -0.25) is 4.79 Å². The highest BCUT2D eigenvalue weighted by Crippen LogP contribution is 2.46. The maximum absolute atomic E-state index is 15.0. The number of aliphatic carboxylic acids is 2. The summed E-state index contributed by atoms with van der Waals surface area (Å²) in [5.41, 5.74) is 0.577. The van der Waals surface area contributed by atoms with Gasteiger partial charge in [-0.25, -0.2) is 19.0 Å². The molecule has 0 unspecified atom stereocenters. The van der Waals surface area contributed by atoms with Crippen LogP contribution >= 0.6 is 11.6 Å². The van der Waals surface area contributed by atoms with Crippen LogP contribution in [0.1, 0.15) is 61.4 Å². The molecule has 1 amide bonds. The number of rotatable bonds is 8. The quantitative estimate of drug-likeness (QED) is 0.364. The molecule has 0 radical (unpaired) electrons. The number of amides is 1. The van der Waals surface area contributed by atoms with Crippen molar-refractivity contribution in [2.45, 2.75) is 57.7 Å². The van der Waals surface area contributed by atoms with Crippen molar-refractivity contribution in [3.63, 3.8) is 0 Å². The van der Waals surface area contributed by atoms with Crippen LogP contribution in [-0.4, -0.2) is 63.3 Å². The predicted octanol–water partition coefficient (Wildman–Crippen LogP) is 5.90. The zero-order valence-corrected chi connectivity index (χ0v) is 22.3. The summed E-state index contributed by atoms with van der Waals surface area (Å²) in [7, 11) is 0. The van der Waals surface area contributed by atoms with Gasteiger partial charge in [0.2, 0.25) is 5.88 Å². The molecule has 2 fully saturated rings. The van der Waals surface area contributed by atoms with E-state index in [1.807, 2.05) is 13.8 Å². The third kappa shape index (κ3) is 7.96. The van der Waals surface area contributed by atoms with Crippen molar-refractivity contribution < 1.29 is 51.6 Å². The van der Waals surface area contributed by atoms with Gasteiger partial charge in [0.25, 0.3) is 5.91 Å². The van der Waals surface area contributed by atoms with E-state index in [0.717, 1.165) is 12.8 Å². The largest absolute Gasteiger partial charge is 0.490 e. The molecule has 1 saturated heterocycles. The minimum absolute atomic E-state index is 0.133. The van der Waals surface area contributed by atoms with Crippen LogP contribution in [0.3, 0.4) is 0 Å². The zero-order valence-electron chi connectivity index (χ0n) is 21.5. The highest BCUT2D eigenvalue weighted by molar-refractivity contribution is 6.31. The average Bonchev–Trinajstić information content (AvgIpc) is 3.57.